The van der Waals surface area contributed by atoms with E-state index in [-0.39, 0.29) is 10.0 Å². The largest absolute Gasteiger partial charge is 0.346 e. The first-order chi connectivity index (χ1) is 12.2. The summed E-state index contributed by atoms with van der Waals surface area (Å²) in [6.45, 7) is 2.48. The fourth-order valence-corrected chi connectivity index (χ4v) is 4.12. The number of pyridine rings is 1. The highest BCUT2D eigenvalue weighted by molar-refractivity contribution is 9.10. The number of hydrogen-bond acceptors (Lipinski definition) is 4. The van der Waals surface area contributed by atoms with Crippen molar-refractivity contribution in [1.82, 2.24) is 9.55 Å². The van der Waals surface area contributed by atoms with Gasteiger partial charge in [0.05, 0.1) is 0 Å². The Labute approximate surface area is 163 Å². The number of nitrogens with zero attached hydrogens (tertiary/aromatic N) is 2. The third-order valence-corrected chi connectivity index (χ3v) is 5.31. The van der Waals surface area contributed by atoms with Crippen molar-refractivity contribution in [3.63, 3.8) is 0 Å². The molecule has 0 bridgehead atoms. The number of hydrogen-bond donors (Lipinski definition) is 2. The molecule has 0 spiro atoms. The van der Waals surface area contributed by atoms with Gasteiger partial charge in [0.15, 0.2) is 0 Å². The molecule has 0 saturated heterocycles. The van der Waals surface area contributed by atoms with Gasteiger partial charge in [0.2, 0.25) is 10.0 Å². The molecule has 3 aromatic rings. The van der Waals surface area contributed by atoms with E-state index in [0.29, 0.717) is 33.3 Å². The quantitative estimate of drug-likeness (QED) is 0.586. The van der Waals surface area contributed by atoms with Crippen LogP contribution in [-0.4, -0.2) is 23.9 Å². The van der Waals surface area contributed by atoms with Crippen molar-refractivity contribution in [1.29, 1.82) is 0 Å². The predicted octanol–water partition coefficient (Wildman–Crippen LogP) is 3.37. The number of rotatable bonds is 4. The number of amides is 1. The number of halogens is 2. The Morgan fingerprint density at radius 1 is 1.35 bits per heavy atom. The first-order valence-corrected chi connectivity index (χ1v) is 10.2. The van der Waals surface area contributed by atoms with Crippen LogP contribution in [0.2, 0.25) is 5.15 Å². The minimum absolute atomic E-state index is 0.0140. The molecule has 0 fully saturated rings. The van der Waals surface area contributed by atoms with E-state index < -0.39 is 15.9 Å². The number of carbonyl (C=O) groups is 1. The Bertz CT molecular complexity index is 1110. The maximum Gasteiger partial charge on any atom is 0.255 e. The Morgan fingerprint density at radius 2 is 2.08 bits per heavy atom. The van der Waals surface area contributed by atoms with Gasteiger partial charge in [0.1, 0.15) is 14.7 Å². The third kappa shape index (κ3) is 3.75. The molecule has 0 unspecified atom stereocenters. The summed E-state index contributed by atoms with van der Waals surface area (Å²) >= 11 is 9.04. The van der Waals surface area contributed by atoms with E-state index in [1.54, 1.807) is 22.8 Å². The standard InChI is InChI=1S/C16H14BrClN4O3S/c1-2-22-8-13(26(19,24)25)11-7-10(3-4-12(11)22)20-16(23)9-5-14(17)21-15(18)6-9/h3-8H,2H2,1H3,(H,20,23)(H2,19,24,25). The van der Waals surface area contributed by atoms with Crippen molar-refractivity contribution in [3.8, 4) is 0 Å². The molecule has 0 radical (unpaired) electrons. The van der Waals surface area contributed by atoms with E-state index >= 15 is 0 Å². The number of benzene rings is 1. The van der Waals surface area contributed by atoms with Crippen LogP contribution in [0.15, 0.2) is 46.0 Å². The molecular weight excluding hydrogens is 444 g/mol. The van der Waals surface area contributed by atoms with Crippen molar-refractivity contribution in [3.05, 3.63) is 51.8 Å². The average molecular weight is 458 g/mol. The summed E-state index contributed by atoms with van der Waals surface area (Å²) in [4.78, 5) is 16.4. The zero-order valence-electron chi connectivity index (χ0n) is 13.5. The van der Waals surface area contributed by atoms with E-state index in [2.05, 4.69) is 26.2 Å². The predicted molar refractivity (Wildman–Crippen MR) is 104 cm³/mol. The fourth-order valence-electron chi connectivity index (χ4n) is 2.63. The van der Waals surface area contributed by atoms with Gasteiger partial charge in [-0.15, -0.1) is 0 Å². The Morgan fingerprint density at radius 3 is 2.69 bits per heavy atom. The topological polar surface area (TPSA) is 107 Å². The summed E-state index contributed by atoms with van der Waals surface area (Å²) in [5.74, 6) is -0.401. The van der Waals surface area contributed by atoms with Gasteiger partial charge < -0.3 is 9.88 Å². The molecule has 7 nitrogen and oxygen atoms in total. The molecular formula is C16H14BrClN4O3S. The summed E-state index contributed by atoms with van der Waals surface area (Å²) in [6.07, 6.45) is 1.49. The minimum atomic E-state index is -3.89. The second-order valence-electron chi connectivity index (χ2n) is 5.51. The number of aryl methyl sites for hydroxylation is 1. The average Bonchev–Trinajstić information content (AvgIpc) is 2.92. The number of anilines is 1. The van der Waals surface area contributed by atoms with E-state index in [0.717, 1.165) is 0 Å². The van der Waals surface area contributed by atoms with Crippen LogP contribution in [-0.2, 0) is 16.6 Å². The normalized spacial score (nSPS) is 11.7. The molecule has 0 atom stereocenters. The molecule has 26 heavy (non-hydrogen) atoms. The van der Waals surface area contributed by atoms with Crippen LogP contribution >= 0.6 is 27.5 Å². The molecule has 0 aliphatic heterocycles. The lowest BCUT2D eigenvalue weighted by Gasteiger charge is -2.07. The summed E-state index contributed by atoms with van der Waals surface area (Å²) in [5, 5.41) is 8.65. The Balaban J connectivity index is 2.02. The van der Waals surface area contributed by atoms with Gasteiger partial charge in [-0.1, -0.05) is 11.6 Å². The molecule has 0 aliphatic carbocycles. The SMILES string of the molecule is CCn1cc(S(N)(=O)=O)c2cc(NC(=O)c3cc(Cl)nc(Br)c3)ccc21. The van der Waals surface area contributed by atoms with E-state index in [4.69, 9.17) is 16.7 Å². The summed E-state index contributed by atoms with van der Waals surface area (Å²) in [6, 6.07) is 7.97. The fraction of sp³-hybridized carbons (Fsp3) is 0.125. The minimum Gasteiger partial charge on any atom is -0.346 e. The van der Waals surface area contributed by atoms with Crippen molar-refractivity contribution >= 4 is 60.1 Å². The lowest BCUT2D eigenvalue weighted by Crippen LogP contribution is -2.13. The maximum absolute atomic E-state index is 12.4. The molecule has 0 aliphatic rings. The lowest BCUT2D eigenvalue weighted by atomic mass is 10.2. The highest BCUT2D eigenvalue weighted by atomic mass is 79.9. The number of sulfonamides is 1. The van der Waals surface area contributed by atoms with Crippen LogP contribution in [0.25, 0.3) is 10.9 Å². The lowest BCUT2D eigenvalue weighted by molar-refractivity contribution is 0.102. The Kier molecular flexibility index (Phi) is 5.07. The van der Waals surface area contributed by atoms with Crippen LogP contribution in [0.5, 0.6) is 0 Å². The summed E-state index contributed by atoms with van der Waals surface area (Å²) in [5.41, 5.74) is 1.46. The first kappa shape index (κ1) is 18.8. The molecule has 2 heterocycles. The monoisotopic (exact) mass is 456 g/mol. The van der Waals surface area contributed by atoms with Crippen LogP contribution in [0.1, 0.15) is 17.3 Å². The molecule has 0 saturated carbocycles. The third-order valence-electron chi connectivity index (χ3n) is 3.77. The second kappa shape index (κ2) is 6.99. The van der Waals surface area contributed by atoms with E-state index in [1.165, 1.54) is 18.3 Å². The van der Waals surface area contributed by atoms with Crippen molar-refractivity contribution in [2.75, 3.05) is 5.32 Å². The molecule has 1 amide bonds. The van der Waals surface area contributed by atoms with Crippen molar-refractivity contribution < 1.29 is 13.2 Å². The number of carbonyl (C=O) groups excluding carboxylic acids is 1. The number of primary sulfonamides is 1. The van der Waals surface area contributed by atoms with Gasteiger partial charge in [0, 0.05) is 34.9 Å². The molecule has 1 aromatic carbocycles. The van der Waals surface area contributed by atoms with Crippen LogP contribution in [0.4, 0.5) is 5.69 Å². The van der Waals surface area contributed by atoms with E-state index in [9.17, 15) is 13.2 Å². The number of fused-ring (bicyclic) bond motifs is 1. The van der Waals surface area contributed by atoms with Gasteiger partial charge in [-0.2, -0.15) is 0 Å². The zero-order valence-corrected chi connectivity index (χ0v) is 16.7. The molecule has 10 heteroatoms. The van der Waals surface area contributed by atoms with Gasteiger partial charge in [-0.05, 0) is 53.2 Å². The second-order valence-corrected chi connectivity index (χ2v) is 8.24. The molecule has 2 aromatic heterocycles. The Hall–Kier alpha value is -1.94. The number of aromatic nitrogens is 2. The summed E-state index contributed by atoms with van der Waals surface area (Å²) in [7, 11) is -3.89. The number of nitrogens with one attached hydrogen (secondary N) is 1. The van der Waals surface area contributed by atoms with E-state index in [1.807, 2.05) is 6.92 Å². The van der Waals surface area contributed by atoms with Crippen molar-refractivity contribution in [2.45, 2.75) is 18.4 Å². The zero-order chi connectivity index (χ0) is 19.1. The summed E-state index contributed by atoms with van der Waals surface area (Å²) < 4.78 is 25.9. The van der Waals surface area contributed by atoms with Crippen LogP contribution < -0.4 is 10.5 Å². The molecule has 3 rings (SSSR count). The van der Waals surface area contributed by atoms with Crippen LogP contribution in [0, 0.1) is 0 Å². The van der Waals surface area contributed by atoms with Crippen LogP contribution in [0.3, 0.4) is 0 Å². The molecule has 136 valence electrons. The first-order valence-electron chi connectivity index (χ1n) is 7.49. The highest BCUT2D eigenvalue weighted by Crippen LogP contribution is 2.28. The van der Waals surface area contributed by atoms with Crippen molar-refractivity contribution in [2.24, 2.45) is 5.14 Å². The van der Waals surface area contributed by atoms with Gasteiger partial charge in [0.25, 0.3) is 5.91 Å². The van der Waals surface area contributed by atoms with Gasteiger partial charge >= 0.3 is 0 Å². The van der Waals surface area contributed by atoms with Gasteiger partial charge in [-0.25, -0.2) is 18.5 Å². The number of nitrogens with two attached hydrogens (primary N) is 1. The highest BCUT2D eigenvalue weighted by Gasteiger charge is 2.18. The maximum atomic E-state index is 12.4. The molecule has 3 N–H and O–H groups in total. The smallest absolute Gasteiger partial charge is 0.255 e. The van der Waals surface area contributed by atoms with Gasteiger partial charge in [-0.3, -0.25) is 4.79 Å².